The first-order valence-electron chi connectivity index (χ1n) is 6.62. The number of rotatable bonds is 3. The zero-order valence-electron chi connectivity index (χ0n) is 11.5. The molecule has 0 saturated carbocycles. The number of nitro groups is 1. The SMILES string of the molecule is O=C(OCc1ccccc1[N+](=O)[O-])n1ccc2ccccc21. The molecular formula is C16H12N2O4. The highest BCUT2D eigenvalue weighted by Gasteiger charge is 2.15. The first-order chi connectivity index (χ1) is 10.7. The van der Waals surface area contributed by atoms with E-state index in [9.17, 15) is 14.9 Å². The van der Waals surface area contributed by atoms with Crippen LogP contribution in [0.3, 0.4) is 0 Å². The predicted molar refractivity (Wildman–Crippen MR) is 80.6 cm³/mol. The molecule has 3 aromatic rings. The third-order valence-electron chi connectivity index (χ3n) is 3.34. The number of hydrogen-bond donors (Lipinski definition) is 0. The van der Waals surface area contributed by atoms with Crippen molar-refractivity contribution in [3.05, 3.63) is 76.5 Å². The molecule has 3 rings (SSSR count). The molecule has 1 aromatic heterocycles. The Labute approximate surface area is 125 Å². The van der Waals surface area contributed by atoms with Crippen molar-refractivity contribution in [3.63, 3.8) is 0 Å². The normalized spacial score (nSPS) is 10.5. The third kappa shape index (κ3) is 2.54. The molecule has 0 radical (unpaired) electrons. The summed E-state index contributed by atoms with van der Waals surface area (Å²) in [5.41, 5.74) is 1.03. The molecular weight excluding hydrogens is 284 g/mol. The van der Waals surface area contributed by atoms with Crippen LogP contribution in [0, 0.1) is 10.1 Å². The fourth-order valence-corrected chi connectivity index (χ4v) is 2.26. The van der Waals surface area contributed by atoms with Gasteiger partial charge in [-0.15, -0.1) is 0 Å². The van der Waals surface area contributed by atoms with E-state index in [0.717, 1.165) is 10.9 Å². The number of fused-ring (bicyclic) bond motifs is 1. The van der Waals surface area contributed by atoms with Gasteiger partial charge in [-0.25, -0.2) is 4.79 Å². The summed E-state index contributed by atoms with van der Waals surface area (Å²) < 4.78 is 6.57. The molecule has 6 heteroatoms. The van der Waals surface area contributed by atoms with Crippen LogP contribution in [0.25, 0.3) is 10.9 Å². The topological polar surface area (TPSA) is 74.4 Å². The number of carbonyl (C=O) groups is 1. The lowest BCUT2D eigenvalue weighted by Gasteiger charge is -2.07. The zero-order valence-corrected chi connectivity index (χ0v) is 11.5. The zero-order chi connectivity index (χ0) is 15.5. The number of nitro benzene ring substituents is 1. The van der Waals surface area contributed by atoms with Crippen molar-refractivity contribution in [2.75, 3.05) is 0 Å². The summed E-state index contributed by atoms with van der Waals surface area (Å²) in [6, 6.07) is 15.4. The van der Waals surface area contributed by atoms with Gasteiger partial charge in [0.15, 0.2) is 0 Å². The maximum atomic E-state index is 12.1. The Bertz CT molecular complexity index is 854. The number of nitrogens with zero attached hydrogens (tertiary/aromatic N) is 2. The maximum absolute atomic E-state index is 12.1. The van der Waals surface area contributed by atoms with Crippen molar-refractivity contribution >= 4 is 22.7 Å². The molecule has 0 aliphatic heterocycles. The lowest BCUT2D eigenvalue weighted by molar-refractivity contribution is -0.385. The molecule has 0 aliphatic carbocycles. The number of ether oxygens (including phenoxy) is 1. The summed E-state index contributed by atoms with van der Waals surface area (Å²) in [6.45, 7) is -0.150. The molecule has 0 bridgehead atoms. The molecule has 6 nitrogen and oxygen atoms in total. The van der Waals surface area contributed by atoms with Gasteiger partial charge in [0.1, 0.15) is 6.61 Å². The van der Waals surface area contributed by atoms with Crippen LogP contribution in [-0.4, -0.2) is 15.6 Å². The minimum atomic E-state index is -0.570. The van der Waals surface area contributed by atoms with Gasteiger partial charge in [0.05, 0.1) is 16.0 Å². The highest BCUT2D eigenvalue weighted by molar-refractivity contribution is 5.89. The van der Waals surface area contributed by atoms with E-state index in [-0.39, 0.29) is 12.3 Å². The lowest BCUT2D eigenvalue weighted by Crippen LogP contribution is -2.12. The van der Waals surface area contributed by atoms with E-state index in [1.165, 1.54) is 10.6 Å². The molecule has 0 N–H and O–H groups in total. The van der Waals surface area contributed by atoms with Gasteiger partial charge in [-0.2, -0.15) is 0 Å². The van der Waals surface area contributed by atoms with Crippen LogP contribution >= 0.6 is 0 Å². The monoisotopic (exact) mass is 296 g/mol. The second kappa shape index (κ2) is 5.69. The minimum absolute atomic E-state index is 0.0623. The average Bonchev–Trinajstić information content (AvgIpc) is 2.97. The number of hydrogen-bond acceptors (Lipinski definition) is 4. The summed E-state index contributed by atoms with van der Waals surface area (Å²) in [4.78, 5) is 22.6. The average molecular weight is 296 g/mol. The van der Waals surface area contributed by atoms with E-state index in [2.05, 4.69) is 0 Å². The molecule has 0 spiro atoms. The summed E-state index contributed by atoms with van der Waals surface area (Å²) in [6.07, 6.45) is 1.05. The fraction of sp³-hybridized carbons (Fsp3) is 0.0625. The first-order valence-corrected chi connectivity index (χ1v) is 6.62. The van der Waals surface area contributed by atoms with Crippen LogP contribution in [0.15, 0.2) is 60.8 Å². The van der Waals surface area contributed by atoms with Crippen molar-refractivity contribution in [2.24, 2.45) is 0 Å². The fourth-order valence-electron chi connectivity index (χ4n) is 2.26. The molecule has 0 saturated heterocycles. The van der Waals surface area contributed by atoms with E-state index in [1.807, 2.05) is 30.3 Å². The Hall–Kier alpha value is -3.15. The van der Waals surface area contributed by atoms with Gasteiger partial charge in [0, 0.05) is 17.6 Å². The van der Waals surface area contributed by atoms with Crippen LogP contribution in [0.4, 0.5) is 10.5 Å². The quantitative estimate of drug-likeness (QED) is 0.545. The maximum Gasteiger partial charge on any atom is 0.418 e. The molecule has 0 unspecified atom stereocenters. The van der Waals surface area contributed by atoms with Gasteiger partial charge in [-0.3, -0.25) is 14.7 Å². The van der Waals surface area contributed by atoms with E-state index in [0.29, 0.717) is 5.56 Å². The second-order valence-electron chi connectivity index (χ2n) is 4.68. The highest BCUT2D eigenvalue weighted by Crippen LogP contribution is 2.20. The van der Waals surface area contributed by atoms with Gasteiger partial charge in [-0.1, -0.05) is 30.3 Å². The summed E-state index contributed by atoms with van der Waals surface area (Å²) in [5, 5.41) is 11.9. The molecule has 110 valence electrons. The Balaban J connectivity index is 1.80. The minimum Gasteiger partial charge on any atom is -0.444 e. The van der Waals surface area contributed by atoms with Gasteiger partial charge < -0.3 is 4.74 Å². The van der Waals surface area contributed by atoms with Crippen molar-refractivity contribution in [2.45, 2.75) is 6.61 Å². The molecule has 0 aliphatic rings. The number of benzene rings is 2. The molecule has 0 fully saturated rings. The Morgan fingerprint density at radius 2 is 1.82 bits per heavy atom. The summed E-state index contributed by atoms with van der Waals surface area (Å²) in [7, 11) is 0. The van der Waals surface area contributed by atoms with Crippen LogP contribution in [0.2, 0.25) is 0 Å². The number of para-hydroxylation sites is 2. The van der Waals surface area contributed by atoms with Gasteiger partial charge in [0.2, 0.25) is 0 Å². The van der Waals surface area contributed by atoms with E-state index < -0.39 is 11.0 Å². The van der Waals surface area contributed by atoms with Gasteiger partial charge in [0.25, 0.3) is 5.69 Å². The van der Waals surface area contributed by atoms with Crippen molar-refractivity contribution in [3.8, 4) is 0 Å². The van der Waals surface area contributed by atoms with Crippen LogP contribution < -0.4 is 0 Å². The second-order valence-corrected chi connectivity index (χ2v) is 4.68. The number of carbonyl (C=O) groups excluding carboxylic acids is 1. The first kappa shape index (κ1) is 13.8. The lowest BCUT2D eigenvalue weighted by atomic mass is 10.2. The van der Waals surface area contributed by atoms with Gasteiger partial charge in [-0.05, 0) is 18.2 Å². The standard InChI is InChI=1S/C16H12N2O4/c19-16(17-10-9-12-5-1-3-7-14(12)17)22-11-13-6-2-4-8-15(13)18(20)21/h1-10H,11H2. The Morgan fingerprint density at radius 3 is 2.64 bits per heavy atom. The third-order valence-corrected chi connectivity index (χ3v) is 3.34. The van der Waals surface area contributed by atoms with Crippen LogP contribution in [0.1, 0.15) is 5.56 Å². The van der Waals surface area contributed by atoms with E-state index in [4.69, 9.17) is 4.74 Å². The van der Waals surface area contributed by atoms with Crippen LogP contribution in [0.5, 0.6) is 0 Å². The van der Waals surface area contributed by atoms with E-state index in [1.54, 1.807) is 24.4 Å². The molecule has 0 amide bonds. The molecule has 2 aromatic carbocycles. The smallest absolute Gasteiger partial charge is 0.418 e. The summed E-state index contributed by atoms with van der Waals surface area (Å²) >= 11 is 0. The summed E-state index contributed by atoms with van der Waals surface area (Å²) in [5.74, 6) is 0. The molecule has 1 heterocycles. The van der Waals surface area contributed by atoms with Crippen LogP contribution in [-0.2, 0) is 11.3 Å². The van der Waals surface area contributed by atoms with Crippen molar-refractivity contribution < 1.29 is 14.5 Å². The van der Waals surface area contributed by atoms with E-state index >= 15 is 0 Å². The van der Waals surface area contributed by atoms with Gasteiger partial charge >= 0.3 is 6.09 Å². The molecule has 22 heavy (non-hydrogen) atoms. The number of aromatic nitrogens is 1. The van der Waals surface area contributed by atoms with Crippen molar-refractivity contribution in [1.29, 1.82) is 0 Å². The highest BCUT2D eigenvalue weighted by atomic mass is 16.6. The van der Waals surface area contributed by atoms with Crippen molar-refractivity contribution in [1.82, 2.24) is 4.57 Å². The Morgan fingerprint density at radius 1 is 1.09 bits per heavy atom. The largest absolute Gasteiger partial charge is 0.444 e. The molecule has 0 atom stereocenters. The predicted octanol–water partition coefficient (Wildman–Crippen LogP) is 3.73. The Kier molecular flexibility index (Phi) is 3.57.